The lowest BCUT2D eigenvalue weighted by Crippen LogP contribution is -2.21. The van der Waals surface area contributed by atoms with Crippen molar-refractivity contribution in [1.29, 1.82) is 0 Å². The Hall–Kier alpha value is -2.86. The van der Waals surface area contributed by atoms with Crippen molar-refractivity contribution in [1.82, 2.24) is 5.43 Å². The van der Waals surface area contributed by atoms with Gasteiger partial charge in [-0.15, -0.1) is 11.3 Å². The molecule has 0 atom stereocenters. The first kappa shape index (κ1) is 28.7. The predicted molar refractivity (Wildman–Crippen MR) is 143 cm³/mol. The Balaban J connectivity index is 1.68. The number of hydrogen-bond donors (Lipinski definition) is 3. The van der Waals surface area contributed by atoms with E-state index in [1.54, 1.807) is 42.3 Å². The minimum Gasteiger partial charge on any atom is -0.396 e. The summed E-state index contributed by atoms with van der Waals surface area (Å²) < 4.78 is 39.1. The summed E-state index contributed by atoms with van der Waals surface area (Å²) in [6, 6.07) is 10.4. The lowest BCUT2D eigenvalue weighted by atomic mass is 10.1. The number of carbonyl (C=O) groups is 2. The highest BCUT2D eigenvalue weighted by molar-refractivity contribution is 7.98. The fourth-order valence-corrected chi connectivity index (χ4v) is 5.27. The highest BCUT2D eigenvalue weighted by atomic mass is 35.5. The topological polar surface area (TPSA) is 90.8 Å². The summed E-state index contributed by atoms with van der Waals surface area (Å²) in [6.45, 7) is 1.83. The van der Waals surface area contributed by atoms with Crippen LogP contribution in [-0.4, -0.2) is 35.5 Å². The van der Waals surface area contributed by atoms with Crippen LogP contribution in [-0.2, 0) is 11.9 Å². The maximum Gasteiger partial charge on any atom is 0.417 e. The molecule has 196 valence electrons. The number of alkyl halides is 3. The smallest absolute Gasteiger partial charge is 0.396 e. The summed E-state index contributed by atoms with van der Waals surface area (Å²) >= 11 is 8.45. The molecule has 0 aliphatic heterocycles. The van der Waals surface area contributed by atoms with Crippen LogP contribution in [0.5, 0.6) is 0 Å². The second kappa shape index (κ2) is 13.1. The van der Waals surface area contributed by atoms with Crippen LogP contribution in [0, 0.1) is 6.92 Å². The van der Waals surface area contributed by atoms with E-state index in [1.165, 1.54) is 17.4 Å². The van der Waals surface area contributed by atoms with Crippen LogP contribution in [0.25, 0.3) is 0 Å². The molecule has 3 rings (SSSR count). The molecule has 1 aromatic heterocycles. The van der Waals surface area contributed by atoms with Gasteiger partial charge in [0.15, 0.2) is 0 Å². The number of amides is 2. The molecule has 0 bridgehead atoms. The normalized spacial score (nSPS) is 11.6. The molecule has 0 spiro atoms. The molecule has 0 saturated carbocycles. The summed E-state index contributed by atoms with van der Waals surface area (Å²) in [5.41, 5.74) is 3.59. The van der Waals surface area contributed by atoms with E-state index < -0.39 is 22.7 Å². The van der Waals surface area contributed by atoms with Crippen molar-refractivity contribution in [2.24, 2.45) is 5.10 Å². The van der Waals surface area contributed by atoms with Gasteiger partial charge in [-0.05, 0) is 65.4 Å². The fraction of sp³-hybridized carbons (Fsp3) is 0.240. The number of nitrogens with one attached hydrogen (secondary N) is 2. The third kappa shape index (κ3) is 8.06. The summed E-state index contributed by atoms with van der Waals surface area (Å²) in [5, 5.41) is 17.0. The van der Waals surface area contributed by atoms with Gasteiger partial charge in [-0.1, -0.05) is 29.8 Å². The number of thiophene rings is 1. The third-order valence-electron chi connectivity index (χ3n) is 5.01. The summed E-state index contributed by atoms with van der Waals surface area (Å²) in [7, 11) is 0. The molecular formula is C25H23ClF3N3O3S2. The predicted octanol–water partition coefficient (Wildman–Crippen LogP) is 6.36. The van der Waals surface area contributed by atoms with Crippen LogP contribution in [0.1, 0.15) is 49.4 Å². The maximum absolute atomic E-state index is 13.0. The molecule has 0 radical (unpaired) electrons. The van der Waals surface area contributed by atoms with Crippen molar-refractivity contribution >= 4 is 57.7 Å². The fourth-order valence-electron chi connectivity index (χ4n) is 3.21. The Labute approximate surface area is 224 Å². The lowest BCUT2D eigenvalue weighted by Gasteiger charge is -2.09. The Morgan fingerprint density at radius 3 is 2.70 bits per heavy atom. The second-order valence-electron chi connectivity index (χ2n) is 7.84. The molecule has 3 N–H and O–H groups in total. The molecule has 0 aliphatic rings. The van der Waals surface area contributed by atoms with Crippen molar-refractivity contribution in [2.45, 2.75) is 25.3 Å². The number of hydrazone groups is 1. The van der Waals surface area contributed by atoms with Crippen LogP contribution in [0.2, 0.25) is 5.02 Å². The number of anilines is 1. The molecule has 2 aromatic carbocycles. The SMILES string of the molecule is Cc1csc(NC(=O)c2cccc(CSCCCO)c2)c1C(=O)N/N=C\c1ccc(Cl)c(C(F)(F)F)c1. The van der Waals surface area contributed by atoms with Crippen LogP contribution < -0.4 is 10.7 Å². The third-order valence-corrected chi connectivity index (χ3v) is 7.47. The van der Waals surface area contributed by atoms with Crippen molar-refractivity contribution in [2.75, 3.05) is 17.7 Å². The highest BCUT2D eigenvalue weighted by Gasteiger charge is 2.33. The van der Waals surface area contributed by atoms with Gasteiger partial charge in [0, 0.05) is 17.9 Å². The minimum atomic E-state index is -4.62. The Morgan fingerprint density at radius 1 is 1.19 bits per heavy atom. The van der Waals surface area contributed by atoms with Gasteiger partial charge in [-0.2, -0.15) is 30.0 Å². The first-order valence-electron chi connectivity index (χ1n) is 11.0. The van der Waals surface area contributed by atoms with Gasteiger partial charge in [0.2, 0.25) is 0 Å². The van der Waals surface area contributed by atoms with E-state index in [2.05, 4.69) is 15.8 Å². The zero-order valence-electron chi connectivity index (χ0n) is 19.6. The first-order chi connectivity index (χ1) is 17.6. The number of carbonyl (C=O) groups excluding carboxylic acids is 2. The van der Waals surface area contributed by atoms with Gasteiger partial charge in [0.1, 0.15) is 5.00 Å². The number of aliphatic hydroxyl groups is 1. The van der Waals surface area contributed by atoms with E-state index in [9.17, 15) is 22.8 Å². The molecule has 12 heteroatoms. The van der Waals surface area contributed by atoms with E-state index in [-0.39, 0.29) is 23.6 Å². The largest absolute Gasteiger partial charge is 0.417 e. The first-order valence-corrected chi connectivity index (χ1v) is 13.4. The monoisotopic (exact) mass is 569 g/mol. The van der Waals surface area contributed by atoms with Crippen LogP contribution >= 0.6 is 34.7 Å². The molecule has 3 aromatic rings. The van der Waals surface area contributed by atoms with E-state index >= 15 is 0 Å². The van der Waals surface area contributed by atoms with Crippen molar-refractivity contribution in [3.8, 4) is 0 Å². The van der Waals surface area contributed by atoms with Gasteiger partial charge in [0.25, 0.3) is 11.8 Å². The molecule has 1 heterocycles. The van der Waals surface area contributed by atoms with Gasteiger partial charge in [-0.25, -0.2) is 5.43 Å². The lowest BCUT2D eigenvalue weighted by molar-refractivity contribution is -0.137. The number of rotatable bonds is 10. The molecule has 37 heavy (non-hydrogen) atoms. The molecule has 0 saturated heterocycles. The van der Waals surface area contributed by atoms with Gasteiger partial charge >= 0.3 is 6.18 Å². The number of aryl methyl sites for hydroxylation is 1. The van der Waals surface area contributed by atoms with Crippen molar-refractivity contribution in [3.05, 3.63) is 86.2 Å². The van der Waals surface area contributed by atoms with E-state index in [0.717, 1.165) is 29.7 Å². The number of thioether (sulfide) groups is 1. The number of nitrogens with zero attached hydrogens (tertiary/aromatic N) is 1. The molecule has 2 amide bonds. The van der Waals surface area contributed by atoms with E-state index in [0.29, 0.717) is 28.3 Å². The van der Waals surface area contributed by atoms with Gasteiger partial charge in [-0.3, -0.25) is 9.59 Å². The van der Waals surface area contributed by atoms with Crippen LogP contribution in [0.4, 0.5) is 18.2 Å². The average molecular weight is 570 g/mol. The zero-order chi connectivity index (χ0) is 27.0. The molecule has 6 nitrogen and oxygen atoms in total. The Morgan fingerprint density at radius 2 is 1.97 bits per heavy atom. The Bertz CT molecular complexity index is 1300. The number of hydrogen-bond acceptors (Lipinski definition) is 6. The summed E-state index contributed by atoms with van der Waals surface area (Å²) in [6.07, 6.45) is -2.84. The second-order valence-corrected chi connectivity index (χ2v) is 10.2. The zero-order valence-corrected chi connectivity index (χ0v) is 22.0. The molecular weight excluding hydrogens is 547 g/mol. The Kier molecular flexibility index (Phi) is 10.2. The van der Waals surface area contributed by atoms with Crippen molar-refractivity contribution in [3.63, 3.8) is 0 Å². The summed E-state index contributed by atoms with van der Waals surface area (Å²) in [4.78, 5) is 25.6. The van der Waals surface area contributed by atoms with E-state index in [4.69, 9.17) is 16.7 Å². The molecule has 0 fully saturated rings. The average Bonchev–Trinajstić information content (AvgIpc) is 3.22. The number of aliphatic hydroxyl groups excluding tert-OH is 1. The maximum atomic E-state index is 13.0. The standard InChI is InChI=1S/C25H23ClF3N3O3S2/c1-15-13-37-24(31-22(34)18-5-2-4-17(10-18)14-36-9-3-8-33)21(15)23(35)32-30-12-16-6-7-20(26)19(11-16)25(27,28)29/h2,4-7,10-13,33H,3,8-9,14H2,1H3,(H,31,34)(H,32,35)/b30-12-. The number of halogens is 4. The highest BCUT2D eigenvalue weighted by Crippen LogP contribution is 2.35. The number of benzene rings is 2. The van der Waals surface area contributed by atoms with Crippen LogP contribution in [0.15, 0.2) is 52.9 Å². The quantitative estimate of drug-likeness (QED) is 0.150. The molecule has 0 aliphatic carbocycles. The molecule has 0 unspecified atom stereocenters. The van der Waals surface area contributed by atoms with Gasteiger partial charge < -0.3 is 10.4 Å². The minimum absolute atomic E-state index is 0.0991. The van der Waals surface area contributed by atoms with Gasteiger partial charge in [0.05, 0.1) is 22.4 Å². The van der Waals surface area contributed by atoms with Crippen molar-refractivity contribution < 1.29 is 27.9 Å². The van der Waals surface area contributed by atoms with Crippen LogP contribution in [0.3, 0.4) is 0 Å². The summed E-state index contributed by atoms with van der Waals surface area (Å²) in [5.74, 6) is 0.499. The van der Waals surface area contributed by atoms with E-state index in [1.807, 2.05) is 6.07 Å².